The number of nitrogens with two attached hydrogens (primary N) is 1. The fourth-order valence-corrected chi connectivity index (χ4v) is 1.92. The van der Waals surface area contributed by atoms with Crippen molar-refractivity contribution in [3.63, 3.8) is 0 Å². The number of pyridine rings is 1. The number of nitrogens with zero attached hydrogens (tertiary/aromatic N) is 1. The lowest BCUT2D eigenvalue weighted by Gasteiger charge is -2.09. The van der Waals surface area contributed by atoms with Crippen molar-refractivity contribution in [2.24, 2.45) is 0 Å². The van der Waals surface area contributed by atoms with E-state index >= 15 is 0 Å². The zero-order valence-corrected chi connectivity index (χ0v) is 11.3. The number of aromatic nitrogens is 1. The Bertz CT molecular complexity index is 609. The van der Waals surface area contributed by atoms with Crippen LogP contribution in [0.4, 0.5) is 17.2 Å². The number of rotatable bonds is 5. The molecule has 20 heavy (non-hydrogen) atoms. The van der Waals surface area contributed by atoms with Gasteiger partial charge in [-0.05, 0) is 30.2 Å². The number of hydrogen-bond donors (Lipinski definition) is 3. The first kappa shape index (κ1) is 13.9. The van der Waals surface area contributed by atoms with E-state index in [1.54, 1.807) is 0 Å². The number of benzene rings is 1. The molecule has 4 N–H and O–H groups in total. The van der Waals surface area contributed by atoms with E-state index in [1.165, 1.54) is 17.8 Å². The highest BCUT2D eigenvalue weighted by molar-refractivity contribution is 5.94. The first-order valence-electron chi connectivity index (χ1n) is 6.45. The largest absolute Gasteiger partial charge is 0.478 e. The maximum atomic E-state index is 11.2. The molecule has 0 fully saturated rings. The molecule has 0 aliphatic carbocycles. The highest BCUT2D eigenvalue weighted by Gasteiger charge is 2.12. The fourth-order valence-electron chi connectivity index (χ4n) is 1.92. The molecule has 0 aliphatic rings. The van der Waals surface area contributed by atoms with Crippen LogP contribution in [0.25, 0.3) is 0 Å². The predicted octanol–water partition coefficient (Wildman–Crippen LogP) is 3.06. The Morgan fingerprint density at radius 2 is 2.05 bits per heavy atom. The van der Waals surface area contributed by atoms with Gasteiger partial charge in [0, 0.05) is 5.69 Å². The molecule has 0 spiro atoms. The van der Waals surface area contributed by atoms with Crippen LogP contribution in [0.5, 0.6) is 0 Å². The van der Waals surface area contributed by atoms with Gasteiger partial charge in [0.2, 0.25) is 0 Å². The van der Waals surface area contributed by atoms with E-state index in [0.717, 1.165) is 18.5 Å². The van der Waals surface area contributed by atoms with Gasteiger partial charge in [-0.25, -0.2) is 9.78 Å². The molecule has 2 aromatic rings. The van der Waals surface area contributed by atoms with Gasteiger partial charge in [-0.2, -0.15) is 0 Å². The Morgan fingerprint density at radius 1 is 1.35 bits per heavy atom. The van der Waals surface area contributed by atoms with Crippen molar-refractivity contribution in [2.75, 3.05) is 11.1 Å². The molecule has 0 bridgehead atoms. The standard InChI is InChI=1S/C15H17N3O2/c1-2-3-10-4-6-12(7-5-10)18-14-13(15(19)20)8-11(16)9-17-14/h4-9H,2-3,16H2,1H3,(H,17,18)(H,19,20). The van der Waals surface area contributed by atoms with E-state index in [-0.39, 0.29) is 11.4 Å². The van der Waals surface area contributed by atoms with Gasteiger partial charge < -0.3 is 16.2 Å². The summed E-state index contributed by atoms with van der Waals surface area (Å²) in [5, 5.41) is 12.1. The highest BCUT2D eigenvalue weighted by Crippen LogP contribution is 2.21. The molecular weight excluding hydrogens is 254 g/mol. The molecule has 0 saturated carbocycles. The summed E-state index contributed by atoms with van der Waals surface area (Å²) in [5.41, 5.74) is 7.99. The van der Waals surface area contributed by atoms with Gasteiger partial charge >= 0.3 is 5.97 Å². The predicted molar refractivity (Wildman–Crippen MR) is 79.3 cm³/mol. The van der Waals surface area contributed by atoms with Crippen LogP contribution in [0.2, 0.25) is 0 Å². The number of anilines is 3. The van der Waals surface area contributed by atoms with Gasteiger partial charge in [-0.1, -0.05) is 25.5 Å². The number of hydrogen-bond acceptors (Lipinski definition) is 4. The van der Waals surface area contributed by atoms with Crippen molar-refractivity contribution in [1.29, 1.82) is 0 Å². The molecule has 0 amide bonds. The maximum Gasteiger partial charge on any atom is 0.339 e. The van der Waals surface area contributed by atoms with Gasteiger partial charge in [0.25, 0.3) is 0 Å². The molecule has 5 heteroatoms. The third-order valence-corrected chi connectivity index (χ3v) is 2.89. The molecule has 0 unspecified atom stereocenters. The van der Waals surface area contributed by atoms with Crippen LogP contribution in [0, 0.1) is 0 Å². The number of nitrogens with one attached hydrogen (secondary N) is 1. The molecule has 104 valence electrons. The van der Waals surface area contributed by atoms with E-state index in [1.807, 2.05) is 24.3 Å². The van der Waals surface area contributed by atoms with Crippen LogP contribution in [0.1, 0.15) is 29.3 Å². The normalized spacial score (nSPS) is 10.2. The van der Waals surface area contributed by atoms with Crippen molar-refractivity contribution in [3.05, 3.63) is 47.7 Å². The number of aromatic carboxylic acids is 1. The van der Waals surface area contributed by atoms with Crippen molar-refractivity contribution >= 4 is 23.2 Å². The number of carbonyl (C=O) groups is 1. The molecule has 0 saturated heterocycles. The maximum absolute atomic E-state index is 11.2. The van der Waals surface area contributed by atoms with Crippen molar-refractivity contribution in [2.45, 2.75) is 19.8 Å². The van der Waals surface area contributed by atoms with E-state index < -0.39 is 5.97 Å². The van der Waals surface area contributed by atoms with Crippen LogP contribution in [0.3, 0.4) is 0 Å². The Kier molecular flexibility index (Phi) is 4.20. The minimum atomic E-state index is -1.06. The van der Waals surface area contributed by atoms with Crippen molar-refractivity contribution in [3.8, 4) is 0 Å². The van der Waals surface area contributed by atoms with Crippen LogP contribution in [0.15, 0.2) is 36.5 Å². The third-order valence-electron chi connectivity index (χ3n) is 2.89. The van der Waals surface area contributed by atoms with Gasteiger partial charge in [0.05, 0.1) is 11.9 Å². The Labute approximate surface area is 117 Å². The summed E-state index contributed by atoms with van der Waals surface area (Å²) >= 11 is 0. The molecule has 0 radical (unpaired) electrons. The fraction of sp³-hybridized carbons (Fsp3) is 0.200. The second-order valence-electron chi connectivity index (χ2n) is 4.54. The van der Waals surface area contributed by atoms with Gasteiger partial charge in [-0.15, -0.1) is 0 Å². The number of aryl methyl sites for hydroxylation is 1. The average molecular weight is 271 g/mol. The van der Waals surface area contributed by atoms with E-state index in [9.17, 15) is 4.79 Å². The molecule has 1 heterocycles. The Balaban J connectivity index is 2.23. The topological polar surface area (TPSA) is 88.2 Å². The zero-order chi connectivity index (χ0) is 14.5. The lowest BCUT2D eigenvalue weighted by Crippen LogP contribution is -2.06. The quantitative estimate of drug-likeness (QED) is 0.777. The second-order valence-corrected chi connectivity index (χ2v) is 4.54. The number of carboxylic acids is 1. The third kappa shape index (κ3) is 3.26. The molecule has 1 aromatic carbocycles. The van der Waals surface area contributed by atoms with Crippen molar-refractivity contribution in [1.82, 2.24) is 4.98 Å². The highest BCUT2D eigenvalue weighted by atomic mass is 16.4. The number of nitrogen functional groups attached to an aromatic ring is 1. The first-order chi connectivity index (χ1) is 9.60. The van der Waals surface area contributed by atoms with Crippen LogP contribution < -0.4 is 11.1 Å². The van der Waals surface area contributed by atoms with Crippen LogP contribution >= 0.6 is 0 Å². The van der Waals surface area contributed by atoms with E-state index in [2.05, 4.69) is 17.2 Å². The average Bonchev–Trinajstić information content (AvgIpc) is 2.43. The zero-order valence-electron chi connectivity index (χ0n) is 11.3. The van der Waals surface area contributed by atoms with Crippen LogP contribution in [-0.4, -0.2) is 16.1 Å². The van der Waals surface area contributed by atoms with E-state index in [4.69, 9.17) is 10.8 Å². The summed E-state index contributed by atoms with van der Waals surface area (Å²) in [5.74, 6) is -0.773. The smallest absolute Gasteiger partial charge is 0.339 e. The summed E-state index contributed by atoms with van der Waals surface area (Å²) in [6.45, 7) is 2.13. The summed E-state index contributed by atoms with van der Waals surface area (Å²) in [7, 11) is 0. The SMILES string of the molecule is CCCc1ccc(Nc2ncc(N)cc2C(=O)O)cc1. The summed E-state index contributed by atoms with van der Waals surface area (Å²) in [6.07, 6.45) is 3.55. The molecule has 0 aliphatic heterocycles. The monoisotopic (exact) mass is 271 g/mol. The summed E-state index contributed by atoms with van der Waals surface area (Å²) in [6, 6.07) is 9.25. The molecule has 5 nitrogen and oxygen atoms in total. The Hall–Kier alpha value is -2.56. The van der Waals surface area contributed by atoms with Crippen molar-refractivity contribution < 1.29 is 9.90 Å². The Morgan fingerprint density at radius 3 is 2.65 bits per heavy atom. The van der Waals surface area contributed by atoms with E-state index in [0.29, 0.717) is 5.69 Å². The lowest BCUT2D eigenvalue weighted by molar-refractivity contribution is 0.0697. The van der Waals surface area contributed by atoms with Gasteiger partial charge in [-0.3, -0.25) is 0 Å². The molecular formula is C15H17N3O2. The first-order valence-corrected chi connectivity index (χ1v) is 6.45. The summed E-state index contributed by atoms with van der Waals surface area (Å²) < 4.78 is 0. The van der Waals surface area contributed by atoms with Crippen LogP contribution in [-0.2, 0) is 6.42 Å². The number of carboxylic acid groups (broad SMARTS) is 1. The molecule has 0 atom stereocenters. The molecule has 2 rings (SSSR count). The lowest BCUT2D eigenvalue weighted by atomic mass is 10.1. The van der Waals surface area contributed by atoms with Gasteiger partial charge in [0.15, 0.2) is 0 Å². The minimum Gasteiger partial charge on any atom is -0.478 e. The summed E-state index contributed by atoms with van der Waals surface area (Å²) in [4.78, 5) is 15.2. The second kappa shape index (κ2) is 6.06. The molecule has 1 aromatic heterocycles. The minimum absolute atomic E-state index is 0.0580. The van der Waals surface area contributed by atoms with Gasteiger partial charge in [0.1, 0.15) is 11.4 Å².